The van der Waals surface area contributed by atoms with Gasteiger partial charge in [0, 0.05) is 0 Å². The van der Waals surface area contributed by atoms with Crippen molar-refractivity contribution < 1.29 is 43.4 Å². The van der Waals surface area contributed by atoms with Crippen molar-refractivity contribution >= 4 is 23.8 Å². The molecule has 1 heterocycles. The molecule has 0 aliphatic heterocycles. The zero-order chi connectivity index (χ0) is 24.2. The number of benzene rings is 2. The van der Waals surface area contributed by atoms with Crippen LogP contribution in [0.3, 0.4) is 0 Å². The van der Waals surface area contributed by atoms with E-state index in [4.69, 9.17) is 15.0 Å². The fourth-order valence-electron chi connectivity index (χ4n) is 4.38. The second kappa shape index (κ2) is 19.2. The smallest absolute Gasteiger partial charge is 1.00 e. The summed E-state index contributed by atoms with van der Waals surface area (Å²) in [7, 11) is 0. The number of aliphatic imine (C=N–C) groups is 2. The van der Waals surface area contributed by atoms with E-state index in [-0.39, 0.29) is 43.4 Å². The number of para-hydroxylation sites is 2. The fourth-order valence-corrected chi connectivity index (χ4v) is 4.38. The van der Waals surface area contributed by atoms with Crippen molar-refractivity contribution in [2.75, 3.05) is 0 Å². The third-order valence-electron chi connectivity index (χ3n) is 5.93. The molecule has 0 saturated carbocycles. The fraction of sp³-hybridized carbons (Fsp3) is 0.387. The van der Waals surface area contributed by atoms with Crippen LogP contribution in [0.5, 0.6) is 0 Å². The van der Waals surface area contributed by atoms with Gasteiger partial charge in [0.1, 0.15) is 0 Å². The van der Waals surface area contributed by atoms with E-state index in [9.17, 15) is 0 Å². The molecule has 0 atom stereocenters. The molecule has 1 radical (unpaired) electrons. The van der Waals surface area contributed by atoms with Gasteiger partial charge in [0.15, 0.2) is 0 Å². The number of nitrogens with zero attached hydrogens (tertiary/aromatic N) is 3. The summed E-state index contributed by atoms with van der Waals surface area (Å²) in [5, 5.41) is 0. The molecule has 2 aromatic carbocycles. The van der Waals surface area contributed by atoms with Crippen molar-refractivity contribution in [3.05, 3.63) is 88.2 Å². The Morgan fingerprint density at radius 2 is 0.838 bits per heavy atom. The van der Waals surface area contributed by atoms with Gasteiger partial charge in [-0.05, 0) is 60.1 Å². The maximum Gasteiger partial charge on any atom is 2.00 e. The second-order valence-corrected chi connectivity index (χ2v) is 8.85. The van der Waals surface area contributed by atoms with Crippen LogP contribution in [0.15, 0.2) is 64.6 Å². The van der Waals surface area contributed by atoms with Gasteiger partial charge in [0.25, 0.3) is 0 Å². The zero-order valence-corrected chi connectivity index (χ0v) is 25.5. The van der Waals surface area contributed by atoms with Crippen molar-refractivity contribution in [3.8, 4) is 0 Å². The average molecular weight is 576 g/mol. The molecule has 0 aliphatic rings. The SMILES string of the molecule is CCCc1cccc(CCC)c1N=Cc1cccc(C=Nc2c(CCC)cccc2CCC)n1.[Cl-].[Cl-].[V+2]. The second-order valence-electron chi connectivity index (χ2n) is 8.85. The number of halogens is 2. The third kappa shape index (κ3) is 10.4. The summed E-state index contributed by atoms with van der Waals surface area (Å²) in [5.74, 6) is 0. The minimum absolute atomic E-state index is 0. The van der Waals surface area contributed by atoms with E-state index in [1.54, 1.807) is 0 Å². The molecule has 197 valence electrons. The number of aromatic nitrogens is 1. The Morgan fingerprint density at radius 1 is 0.541 bits per heavy atom. The Morgan fingerprint density at radius 3 is 1.14 bits per heavy atom. The molecule has 0 unspecified atom stereocenters. The van der Waals surface area contributed by atoms with Gasteiger partial charge in [-0.3, -0.25) is 9.98 Å². The molecule has 37 heavy (non-hydrogen) atoms. The molecule has 3 rings (SSSR count). The minimum atomic E-state index is 0. The Bertz CT molecular complexity index is 996. The summed E-state index contributed by atoms with van der Waals surface area (Å²) in [6, 6.07) is 19.2. The van der Waals surface area contributed by atoms with Gasteiger partial charge >= 0.3 is 18.6 Å². The predicted molar refractivity (Wildman–Crippen MR) is 148 cm³/mol. The van der Waals surface area contributed by atoms with E-state index in [1.807, 2.05) is 30.6 Å². The number of hydrogen-bond donors (Lipinski definition) is 0. The van der Waals surface area contributed by atoms with Crippen LogP contribution in [-0.2, 0) is 44.2 Å². The summed E-state index contributed by atoms with van der Waals surface area (Å²) in [5.41, 5.74) is 9.21. The van der Waals surface area contributed by atoms with Crippen LogP contribution in [0.1, 0.15) is 87.0 Å². The van der Waals surface area contributed by atoms with Gasteiger partial charge < -0.3 is 24.8 Å². The number of rotatable bonds is 12. The van der Waals surface area contributed by atoms with Gasteiger partial charge in [0.05, 0.1) is 35.2 Å². The van der Waals surface area contributed by atoms with Crippen LogP contribution in [0.2, 0.25) is 0 Å². The van der Waals surface area contributed by atoms with E-state index >= 15 is 0 Å². The first-order valence-corrected chi connectivity index (χ1v) is 13.0. The van der Waals surface area contributed by atoms with Gasteiger partial charge in [-0.2, -0.15) is 0 Å². The monoisotopic (exact) mass is 574 g/mol. The first-order chi connectivity index (χ1) is 16.7. The van der Waals surface area contributed by atoms with Crippen molar-refractivity contribution in [2.45, 2.75) is 79.1 Å². The Kier molecular flexibility index (Phi) is 18.2. The molecule has 0 N–H and O–H groups in total. The Balaban J connectivity index is 0.00000432. The molecule has 6 heteroatoms. The third-order valence-corrected chi connectivity index (χ3v) is 5.93. The van der Waals surface area contributed by atoms with Gasteiger partial charge in [-0.25, -0.2) is 4.98 Å². The Labute approximate surface area is 248 Å². The van der Waals surface area contributed by atoms with Gasteiger partial charge in [-0.15, -0.1) is 0 Å². The molecule has 0 fully saturated rings. The summed E-state index contributed by atoms with van der Waals surface area (Å²) in [6.45, 7) is 8.87. The maximum atomic E-state index is 4.92. The molecule has 0 spiro atoms. The van der Waals surface area contributed by atoms with Gasteiger partial charge in [0.2, 0.25) is 0 Å². The van der Waals surface area contributed by atoms with Crippen LogP contribution in [0.4, 0.5) is 11.4 Å². The first kappa shape index (κ1) is 35.1. The average Bonchev–Trinajstić information content (AvgIpc) is 2.84. The molecule has 0 aliphatic carbocycles. The summed E-state index contributed by atoms with van der Waals surface area (Å²) < 4.78 is 0. The van der Waals surface area contributed by atoms with Crippen LogP contribution >= 0.6 is 0 Å². The van der Waals surface area contributed by atoms with E-state index in [0.717, 1.165) is 74.1 Å². The van der Waals surface area contributed by atoms with Crippen LogP contribution in [0, 0.1) is 0 Å². The molecule has 3 nitrogen and oxygen atoms in total. The Hall–Kier alpha value is -1.91. The molecule has 1 aromatic heterocycles. The van der Waals surface area contributed by atoms with Crippen LogP contribution in [-0.4, -0.2) is 17.4 Å². The largest absolute Gasteiger partial charge is 2.00 e. The molecular formula is C31H39Cl2N3V. The van der Waals surface area contributed by atoms with Gasteiger partial charge in [-0.1, -0.05) is 95.8 Å². The molecule has 3 aromatic rings. The maximum absolute atomic E-state index is 4.92. The number of pyridine rings is 1. The van der Waals surface area contributed by atoms with Crippen LogP contribution < -0.4 is 24.8 Å². The topological polar surface area (TPSA) is 37.6 Å². The van der Waals surface area contributed by atoms with E-state index in [1.165, 1.54) is 22.3 Å². The summed E-state index contributed by atoms with van der Waals surface area (Å²) in [4.78, 5) is 14.6. The standard InChI is InChI=1S/C31H39N3.2ClH.V/c1-5-12-24-16-9-17-25(13-6-2)30(24)32-22-28-20-11-21-29(34-28)23-33-31-26(14-7-3)18-10-19-27(31)15-8-4;;;/h9-11,16-23H,5-8,12-15H2,1-4H3;2*1H;/q;;;+2/p-2. The molecule has 0 bridgehead atoms. The van der Waals surface area contributed by atoms with E-state index < -0.39 is 0 Å². The van der Waals surface area contributed by atoms with Crippen LogP contribution in [0.25, 0.3) is 0 Å². The zero-order valence-electron chi connectivity index (χ0n) is 22.6. The number of hydrogen-bond acceptors (Lipinski definition) is 3. The normalized spacial score (nSPS) is 10.7. The van der Waals surface area contributed by atoms with Crippen molar-refractivity contribution in [1.29, 1.82) is 0 Å². The van der Waals surface area contributed by atoms with Crippen molar-refractivity contribution in [1.82, 2.24) is 4.98 Å². The van der Waals surface area contributed by atoms with E-state index in [0.29, 0.717) is 0 Å². The first-order valence-electron chi connectivity index (χ1n) is 13.0. The van der Waals surface area contributed by atoms with Crippen molar-refractivity contribution in [2.24, 2.45) is 9.98 Å². The summed E-state index contributed by atoms with van der Waals surface area (Å²) >= 11 is 0. The minimum Gasteiger partial charge on any atom is -1.00 e. The number of aryl methyl sites for hydroxylation is 4. The molecule has 0 saturated heterocycles. The predicted octanol–water partition coefficient (Wildman–Crippen LogP) is 2.40. The summed E-state index contributed by atoms with van der Waals surface area (Å²) in [6.07, 6.45) is 12.4. The molecular weight excluding hydrogens is 536 g/mol. The van der Waals surface area contributed by atoms with E-state index in [2.05, 4.69) is 64.1 Å². The quantitative estimate of drug-likeness (QED) is 0.306. The van der Waals surface area contributed by atoms with Crippen molar-refractivity contribution in [3.63, 3.8) is 0 Å². The molecule has 0 amide bonds.